The Bertz CT molecular complexity index is 319. The van der Waals surface area contributed by atoms with E-state index in [-0.39, 0.29) is 12.0 Å². The van der Waals surface area contributed by atoms with Gasteiger partial charge in [-0.2, -0.15) is 0 Å². The molecule has 0 spiro atoms. The van der Waals surface area contributed by atoms with Gasteiger partial charge in [0.05, 0.1) is 12.2 Å². The Morgan fingerprint density at radius 2 is 2.20 bits per heavy atom. The SMILES string of the molecule is CC1C(O)CC([C]=O)=CC1OP(=O)(O)O. The van der Waals surface area contributed by atoms with E-state index in [1.807, 2.05) is 0 Å². The molecule has 0 amide bonds. The molecule has 0 saturated heterocycles. The topological polar surface area (TPSA) is 104 Å². The first-order valence-corrected chi connectivity index (χ1v) is 5.87. The van der Waals surface area contributed by atoms with Crippen LogP contribution in [0.3, 0.4) is 0 Å². The van der Waals surface area contributed by atoms with Gasteiger partial charge in [-0.1, -0.05) is 6.92 Å². The summed E-state index contributed by atoms with van der Waals surface area (Å²) in [5, 5.41) is 9.49. The van der Waals surface area contributed by atoms with Gasteiger partial charge in [-0.15, -0.1) is 0 Å². The van der Waals surface area contributed by atoms with Crippen LogP contribution in [0.2, 0.25) is 0 Å². The molecule has 7 heteroatoms. The number of phosphoric ester groups is 1. The molecule has 0 aliphatic heterocycles. The molecule has 0 saturated carbocycles. The summed E-state index contributed by atoms with van der Waals surface area (Å²) in [6.45, 7) is 1.59. The van der Waals surface area contributed by atoms with Crippen LogP contribution in [0.4, 0.5) is 0 Å². The van der Waals surface area contributed by atoms with Gasteiger partial charge in [0, 0.05) is 17.9 Å². The van der Waals surface area contributed by atoms with E-state index in [2.05, 4.69) is 4.52 Å². The second-order valence-electron chi connectivity index (χ2n) is 3.49. The summed E-state index contributed by atoms with van der Waals surface area (Å²) >= 11 is 0. The van der Waals surface area contributed by atoms with Crippen LogP contribution >= 0.6 is 7.82 Å². The van der Waals surface area contributed by atoms with E-state index in [1.165, 1.54) is 6.08 Å². The third kappa shape index (κ3) is 3.52. The maximum absolute atomic E-state index is 10.6. The molecule has 0 bridgehead atoms. The zero-order valence-corrected chi connectivity index (χ0v) is 8.92. The largest absolute Gasteiger partial charge is 0.470 e. The molecule has 1 rings (SSSR count). The molecule has 1 aliphatic carbocycles. The molecule has 85 valence electrons. The average molecular weight is 235 g/mol. The van der Waals surface area contributed by atoms with Crippen LogP contribution in [0, 0.1) is 5.92 Å². The van der Waals surface area contributed by atoms with Gasteiger partial charge < -0.3 is 14.9 Å². The molecular weight excluding hydrogens is 223 g/mol. The molecule has 0 aromatic carbocycles. The van der Waals surface area contributed by atoms with E-state index in [1.54, 1.807) is 13.2 Å². The Morgan fingerprint density at radius 1 is 1.60 bits per heavy atom. The Hall–Kier alpha value is -0.520. The zero-order valence-electron chi connectivity index (χ0n) is 8.03. The molecule has 15 heavy (non-hydrogen) atoms. The van der Waals surface area contributed by atoms with E-state index in [0.717, 1.165) is 0 Å². The monoisotopic (exact) mass is 235 g/mol. The van der Waals surface area contributed by atoms with Crippen molar-refractivity contribution in [1.82, 2.24) is 0 Å². The molecule has 0 aromatic heterocycles. The highest BCUT2D eigenvalue weighted by atomic mass is 31.2. The van der Waals surface area contributed by atoms with E-state index >= 15 is 0 Å². The normalized spacial score (nSPS) is 32.3. The van der Waals surface area contributed by atoms with E-state index in [0.29, 0.717) is 0 Å². The molecule has 1 aliphatic rings. The highest BCUT2D eigenvalue weighted by molar-refractivity contribution is 7.46. The molecule has 3 N–H and O–H groups in total. The van der Waals surface area contributed by atoms with Gasteiger partial charge >= 0.3 is 7.82 Å². The summed E-state index contributed by atoms with van der Waals surface area (Å²) in [5.74, 6) is -0.477. The summed E-state index contributed by atoms with van der Waals surface area (Å²) < 4.78 is 15.1. The van der Waals surface area contributed by atoms with Crippen LogP contribution < -0.4 is 0 Å². The molecule has 1 radical (unpaired) electrons. The summed E-state index contributed by atoms with van der Waals surface area (Å²) in [6, 6.07) is 0. The maximum Gasteiger partial charge on any atom is 0.470 e. The zero-order chi connectivity index (χ0) is 11.6. The van der Waals surface area contributed by atoms with Crippen molar-refractivity contribution in [3.05, 3.63) is 11.6 Å². The predicted molar refractivity (Wildman–Crippen MR) is 50.5 cm³/mol. The van der Waals surface area contributed by atoms with Crippen LogP contribution in [0.5, 0.6) is 0 Å². The fraction of sp³-hybridized carbons (Fsp3) is 0.625. The lowest BCUT2D eigenvalue weighted by Gasteiger charge is -2.30. The number of hydrogen-bond acceptors (Lipinski definition) is 4. The van der Waals surface area contributed by atoms with Gasteiger partial charge in [0.1, 0.15) is 0 Å². The van der Waals surface area contributed by atoms with Crippen molar-refractivity contribution in [2.75, 3.05) is 0 Å². The number of carbonyl (C=O) groups excluding carboxylic acids is 1. The third-order valence-electron chi connectivity index (χ3n) is 2.31. The van der Waals surface area contributed by atoms with Crippen molar-refractivity contribution in [2.24, 2.45) is 5.92 Å². The molecule has 0 aromatic rings. The first-order valence-electron chi connectivity index (χ1n) is 4.34. The smallest absolute Gasteiger partial charge is 0.392 e. The standard InChI is InChI=1S/C8H12O6P/c1-5-7(10)2-6(4-9)3-8(5)14-15(11,12)13/h3,5,7-8,10H,2H2,1H3,(H2,11,12,13). The summed E-state index contributed by atoms with van der Waals surface area (Å²) in [5.41, 5.74) is 0.166. The van der Waals surface area contributed by atoms with Gasteiger partial charge in [0.15, 0.2) is 0 Å². The van der Waals surface area contributed by atoms with Gasteiger partial charge in [-0.05, 0) is 6.08 Å². The molecule has 3 atom stereocenters. The Balaban J connectivity index is 2.85. The van der Waals surface area contributed by atoms with Crippen molar-refractivity contribution in [1.29, 1.82) is 0 Å². The van der Waals surface area contributed by atoms with Crippen LogP contribution in [0.1, 0.15) is 13.3 Å². The highest BCUT2D eigenvalue weighted by Crippen LogP contribution is 2.41. The van der Waals surface area contributed by atoms with Crippen LogP contribution in [-0.4, -0.2) is 33.4 Å². The lowest BCUT2D eigenvalue weighted by atomic mass is 9.86. The minimum absolute atomic E-state index is 0.131. The molecule has 0 heterocycles. The van der Waals surface area contributed by atoms with Gasteiger partial charge in [-0.3, -0.25) is 9.32 Å². The summed E-state index contributed by atoms with van der Waals surface area (Å²) in [7, 11) is -4.62. The number of aliphatic hydroxyl groups is 1. The molecule has 6 nitrogen and oxygen atoms in total. The highest BCUT2D eigenvalue weighted by Gasteiger charge is 2.33. The van der Waals surface area contributed by atoms with Crippen molar-refractivity contribution in [2.45, 2.75) is 25.6 Å². The van der Waals surface area contributed by atoms with Gasteiger partial charge in [-0.25, -0.2) is 4.57 Å². The lowest BCUT2D eigenvalue weighted by Crippen LogP contribution is -2.34. The van der Waals surface area contributed by atoms with Crippen LogP contribution in [0.25, 0.3) is 0 Å². The summed E-state index contributed by atoms with van der Waals surface area (Å²) in [4.78, 5) is 27.6. The molecule has 3 unspecified atom stereocenters. The summed E-state index contributed by atoms with van der Waals surface area (Å²) in [6.07, 6.45) is 1.18. The Labute approximate surface area is 86.8 Å². The van der Waals surface area contributed by atoms with E-state index in [9.17, 15) is 14.5 Å². The number of rotatable bonds is 3. The van der Waals surface area contributed by atoms with Crippen molar-refractivity contribution in [3.8, 4) is 0 Å². The lowest BCUT2D eigenvalue weighted by molar-refractivity contribution is 0.0342. The van der Waals surface area contributed by atoms with E-state index < -0.39 is 25.9 Å². The predicted octanol–water partition coefficient (Wildman–Crippen LogP) is -0.0989. The first-order chi connectivity index (χ1) is 6.83. The van der Waals surface area contributed by atoms with Crippen LogP contribution in [-0.2, 0) is 13.9 Å². The van der Waals surface area contributed by atoms with Crippen molar-refractivity contribution >= 4 is 14.1 Å². The molecule has 0 fully saturated rings. The van der Waals surface area contributed by atoms with Gasteiger partial charge in [0.25, 0.3) is 0 Å². The third-order valence-corrected chi connectivity index (χ3v) is 2.83. The van der Waals surface area contributed by atoms with Crippen molar-refractivity contribution < 1.29 is 28.8 Å². The maximum atomic E-state index is 10.6. The fourth-order valence-electron chi connectivity index (χ4n) is 1.41. The first kappa shape index (κ1) is 12.5. The fourth-order valence-corrected chi connectivity index (χ4v) is 1.98. The van der Waals surface area contributed by atoms with Crippen LogP contribution in [0.15, 0.2) is 11.6 Å². The second kappa shape index (κ2) is 4.55. The average Bonchev–Trinajstić information content (AvgIpc) is 2.10. The van der Waals surface area contributed by atoms with Gasteiger partial charge in [0.2, 0.25) is 6.29 Å². The van der Waals surface area contributed by atoms with E-state index in [4.69, 9.17) is 9.79 Å². The molecular formula is C8H12O6P. The Kier molecular flexibility index (Phi) is 3.81. The van der Waals surface area contributed by atoms with Crippen molar-refractivity contribution in [3.63, 3.8) is 0 Å². The number of phosphoric acid groups is 1. The number of aliphatic hydroxyl groups excluding tert-OH is 1. The minimum atomic E-state index is -4.62. The minimum Gasteiger partial charge on any atom is -0.392 e. The quantitative estimate of drug-likeness (QED) is 0.590. The second-order valence-corrected chi connectivity index (χ2v) is 4.68. The number of hydrogen-bond donors (Lipinski definition) is 3. The Morgan fingerprint density at radius 3 is 2.67 bits per heavy atom.